The molecule has 2 aromatic rings. The van der Waals surface area contributed by atoms with Crippen LogP contribution in [0.15, 0.2) is 35.5 Å². The summed E-state index contributed by atoms with van der Waals surface area (Å²) in [7, 11) is 0. The van der Waals surface area contributed by atoms with Gasteiger partial charge >= 0.3 is 6.03 Å². The fourth-order valence-electron chi connectivity index (χ4n) is 3.18. The molecule has 7 heteroatoms. The molecule has 1 aromatic carbocycles. The van der Waals surface area contributed by atoms with Crippen LogP contribution in [0.25, 0.3) is 0 Å². The molecular weight excluding hydrogens is 346 g/mol. The molecule has 26 heavy (non-hydrogen) atoms. The van der Waals surface area contributed by atoms with Gasteiger partial charge < -0.3 is 10.2 Å². The summed E-state index contributed by atoms with van der Waals surface area (Å²) < 4.78 is 1.81. The lowest BCUT2D eigenvalue weighted by Gasteiger charge is -2.32. The van der Waals surface area contributed by atoms with Crippen LogP contribution in [0.2, 0.25) is 0 Å². The van der Waals surface area contributed by atoms with Crippen molar-refractivity contribution in [2.75, 3.05) is 13.1 Å². The van der Waals surface area contributed by atoms with Gasteiger partial charge in [-0.1, -0.05) is 17.7 Å². The second-order valence-corrected chi connectivity index (χ2v) is 8.10. The number of piperidine rings is 1. The van der Waals surface area contributed by atoms with Crippen molar-refractivity contribution in [3.63, 3.8) is 0 Å². The fourth-order valence-corrected chi connectivity index (χ4v) is 4.30. The average molecular weight is 374 g/mol. The van der Waals surface area contributed by atoms with Gasteiger partial charge in [0.15, 0.2) is 0 Å². The average Bonchev–Trinajstić information content (AvgIpc) is 3.13. The first kappa shape index (κ1) is 18.8. The number of carbonyl (C=O) groups is 1. The molecule has 0 aliphatic carbocycles. The van der Waals surface area contributed by atoms with Crippen molar-refractivity contribution in [3.8, 4) is 0 Å². The minimum Gasteiger partial charge on any atom is -0.328 e. The van der Waals surface area contributed by atoms with Gasteiger partial charge in [-0.3, -0.25) is 0 Å². The number of aryl methyl sites for hydroxylation is 2. The van der Waals surface area contributed by atoms with Crippen molar-refractivity contribution in [1.82, 2.24) is 25.0 Å². The van der Waals surface area contributed by atoms with Crippen LogP contribution in [0.1, 0.15) is 44.1 Å². The SMILES string of the molecule is CCn1ncnc1[C@H](C)NC(=O)N1CCC(Sc2ccc(C)cc2)CC1. The first-order valence-corrected chi connectivity index (χ1v) is 10.1. The third kappa shape index (κ3) is 4.58. The third-order valence-electron chi connectivity index (χ3n) is 4.73. The van der Waals surface area contributed by atoms with Crippen molar-refractivity contribution in [3.05, 3.63) is 42.0 Å². The second kappa shape index (κ2) is 8.58. The van der Waals surface area contributed by atoms with Crippen molar-refractivity contribution >= 4 is 17.8 Å². The van der Waals surface area contributed by atoms with Crippen LogP contribution in [-0.2, 0) is 6.54 Å². The van der Waals surface area contributed by atoms with Crippen molar-refractivity contribution in [2.24, 2.45) is 0 Å². The van der Waals surface area contributed by atoms with Crippen LogP contribution in [0.3, 0.4) is 0 Å². The molecular formula is C19H27N5OS. The molecule has 1 aliphatic heterocycles. The molecule has 1 fully saturated rings. The van der Waals surface area contributed by atoms with E-state index in [2.05, 4.69) is 46.6 Å². The number of benzene rings is 1. The Morgan fingerprint density at radius 1 is 1.31 bits per heavy atom. The van der Waals surface area contributed by atoms with Crippen molar-refractivity contribution in [2.45, 2.75) is 56.3 Å². The highest BCUT2D eigenvalue weighted by molar-refractivity contribution is 8.00. The predicted molar refractivity (Wildman–Crippen MR) is 104 cm³/mol. The lowest BCUT2D eigenvalue weighted by atomic mass is 10.1. The maximum atomic E-state index is 12.6. The molecule has 3 rings (SSSR count). The Labute approximate surface area is 159 Å². The minimum absolute atomic E-state index is 0.0121. The molecule has 0 saturated carbocycles. The van der Waals surface area contributed by atoms with Crippen LogP contribution in [0.5, 0.6) is 0 Å². The van der Waals surface area contributed by atoms with E-state index in [1.807, 2.05) is 35.2 Å². The van der Waals surface area contributed by atoms with Crippen LogP contribution in [0.4, 0.5) is 4.79 Å². The van der Waals surface area contributed by atoms with E-state index in [9.17, 15) is 4.79 Å². The summed E-state index contributed by atoms with van der Waals surface area (Å²) in [6.07, 6.45) is 3.58. The van der Waals surface area contributed by atoms with E-state index in [0.29, 0.717) is 5.25 Å². The lowest BCUT2D eigenvalue weighted by molar-refractivity contribution is 0.184. The highest BCUT2D eigenvalue weighted by Gasteiger charge is 2.25. The largest absolute Gasteiger partial charge is 0.328 e. The van der Waals surface area contributed by atoms with Gasteiger partial charge in [-0.05, 0) is 45.7 Å². The van der Waals surface area contributed by atoms with Gasteiger partial charge in [-0.25, -0.2) is 14.5 Å². The fraction of sp³-hybridized carbons (Fsp3) is 0.526. The molecule has 1 N–H and O–H groups in total. The highest BCUT2D eigenvalue weighted by atomic mass is 32.2. The molecule has 1 saturated heterocycles. The molecule has 0 bridgehead atoms. The Bertz CT molecular complexity index is 722. The first-order valence-electron chi connectivity index (χ1n) is 9.23. The van der Waals surface area contributed by atoms with E-state index in [4.69, 9.17) is 0 Å². The summed E-state index contributed by atoms with van der Waals surface area (Å²) >= 11 is 1.92. The maximum absolute atomic E-state index is 12.6. The highest BCUT2D eigenvalue weighted by Crippen LogP contribution is 2.30. The molecule has 0 radical (unpaired) electrons. The number of hydrogen-bond donors (Lipinski definition) is 1. The number of nitrogens with one attached hydrogen (secondary N) is 1. The van der Waals surface area contributed by atoms with Crippen molar-refractivity contribution in [1.29, 1.82) is 0 Å². The van der Waals surface area contributed by atoms with E-state index in [1.54, 1.807) is 0 Å². The van der Waals surface area contributed by atoms with E-state index < -0.39 is 0 Å². The lowest BCUT2D eigenvalue weighted by Crippen LogP contribution is -2.46. The van der Waals surface area contributed by atoms with Gasteiger partial charge in [0.05, 0.1) is 6.04 Å². The van der Waals surface area contributed by atoms with E-state index >= 15 is 0 Å². The number of hydrogen-bond acceptors (Lipinski definition) is 4. The van der Waals surface area contributed by atoms with Crippen LogP contribution in [-0.4, -0.2) is 44.0 Å². The van der Waals surface area contributed by atoms with E-state index in [1.165, 1.54) is 16.8 Å². The van der Waals surface area contributed by atoms with Crippen LogP contribution in [0, 0.1) is 6.92 Å². The summed E-state index contributed by atoms with van der Waals surface area (Å²) in [5, 5.41) is 7.79. The molecule has 1 aromatic heterocycles. The monoisotopic (exact) mass is 373 g/mol. The molecule has 6 nitrogen and oxygen atoms in total. The van der Waals surface area contributed by atoms with Gasteiger partial charge in [-0.2, -0.15) is 5.10 Å². The summed E-state index contributed by atoms with van der Waals surface area (Å²) in [5.41, 5.74) is 1.29. The molecule has 140 valence electrons. The molecule has 2 heterocycles. The number of amides is 2. The molecule has 1 aliphatic rings. The molecule has 1 atom stereocenters. The number of likely N-dealkylation sites (tertiary alicyclic amines) is 1. The quantitative estimate of drug-likeness (QED) is 0.869. The Hall–Kier alpha value is -2.02. The Kier molecular flexibility index (Phi) is 6.19. The Morgan fingerprint density at radius 3 is 2.65 bits per heavy atom. The zero-order chi connectivity index (χ0) is 18.5. The third-order valence-corrected chi connectivity index (χ3v) is 6.07. The maximum Gasteiger partial charge on any atom is 0.317 e. The number of urea groups is 1. The van der Waals surface area contributed by atoms with Gasteiger partial charge in [0.25, 0.3) is 0 Å². The zero-order valence-electron chi connectivity index (χ0n) is 15.7. The number of aromatic nitrogens is 3. The minimum atomic E-state index is -0.149. The van der Waals surface area contributed by atoms with Gasteiger partial charge in [0.1, 0.15) is 12.2 Å². The molecule has 0 spiro atoms. The number of rotatable bonds is 5. The normalized spacial score (nSPS) is 16.5. The van der Waals surface area contributed by atoms with Crippen LogP contribution >= 0.6 is 11.8 Å². The Morgan fingerprint density at radius 2 is 2.00 bits per heavy atom. The second-order valence-electron chi connectivity index (χ2n) is 6.72. The zero-order valence-corrected chi connectivity index (χ0v) is 16.5. The number of thioether (sulfide) groups is 1. The molecule has 0 unspecified atom stereocenters. The smallest absolute Gasteiger partial charge is 0.317 e. The predicted octanol–water partition coefficient (Wildman–Crippen LogP) is 3.63. The van der Waals surface area contributed by atoms with E-state index in [0.717, 1.165) is 38.3 Å². The summed E-state index contributed by atoms with van der Waals surface area (Å²) in [6.45, 7) is 8.41. The Balaban J connectivity index is 1.48. The summed E-state index contributed by atoms with van der Waals surface area (Å²) in [4.78, 5) is 20.0. The van der Waals surface area contributed by atoms with Crippen molar-refractivity contribution < 1.29 is 4.79 Å². The van der Waals surface area contributed by atoms with Crippen LogP contribution < -0.4 is 5.32 Å². The summed E-state index contributed by atoms with van der Waals surface area (Å²) in [6, 6.07) is 8.52. The standard InChI is InChI=1S/C19H27N5OS/c1-4-24-18(20-13-21-24)15(3)22-19(25)23-11-9-17(10-12-23)26-16-7-5-14(2)6-8-16/h5-8,13,15,17H,4,9-12H2,1-3H3,(H,22,25)/t15-/m0/s1. The van der Waals surface area contributed by atoms with E-state index in [-0.39, 0.29) is 12.1 Å². The van der Waals surface area contributed by atoms with Gasteiger partial charge in [0, 0.05) is 29.8 Å². The first-order chi connectivity index (χ1) is 12.6. The van der Waals surface area contributed by atoms with Gasteiger partial charge in [0.2, 0.25) is 0 Å². The number of carbonyl (C=O) groups excluding carboxylic acids is 1. The topological polar surface area (TPSA) is 63.1 Å². The summed E-state index contributed by atoms with van der Waals surface area (Å²) in [5.74, 6) is 0.797. The number of nitrogens with zero attached hydrogens (tertiary/aromatic N) is 4. The van der Waals surface area contributed by atoms with Gasteiger partial charge in [-0.15, -0.1) is 11.8 Å². The molecule has 2 amide bonds.